The smallest absolute Gasteiger partial charge is 0.123 e. The zero-order chi connectivity index (χ0) is 14.7. The van der Waals surface area contributed by atoms with Crippen molar-refractivity contribution in [2.75, 3.05) is 19.7 Å². The lowest BCUT2D eigenvalue weighted by molar-refractivity contribution is -0.0511. The van der Waals surface area contributed by atoms with Gasteiger partial charge in [-0.25, -0.2) is 4.39 Å². The molecule has 0 bridgehead atoms. The summed E-state index contributed by atoms with van der Waals surface area (Å²) in [7, 11) is 0. The monoisotopic (exact) mass is 285 g/mol. The van der Waals surface area contributed by atoms with Crippen LogP contribution in [-0.2, 0) is 4.74 Å². The van der Waals surface area contributed by atoms with Crippen molar-refractivity contribution in [3.63, 3.8) is 0 Å². The van der Waals surface area contributed by atoms with Gasteiger partial charge in [0.2, 0.25) is 0 Å². The van der Waals surface area contributed by atoms with Gasteiger partial charge in [-0.2, -0.15) is 0 Å². The zero-order valence-electron chi connectivity index (χ0n) is 12.0. The minimum atomic E-state index is -0.214. The van der Waals surface area contributed by atoms with Gasteiger partial charge in [0, 0.05) is 13.1 Å². The molecule has 1 heterocycles. The van der Waals surface area contributed by atoms with Crippen LogP contribution >= 0.6 is 0 Å². The molecule has 0 amide bonds. The van der Waals surface area contributed by atoms with Gasteiger partial charge in [0.15, 0.2) is 0 Å². The maximum atomic E-state index is 13.1. The van der Waals surface area contributed by atoms with Crippen LogP contribution < -0.4 is 0 Å². The van der Waals surface area contributed by atoms with Crippen LogP contribution in [-0.4, -0.2) is 30.1 Å². The number of halogens is 1. The van der Waals surface area contributed by atoms with Crippen molar-refractivity contribution in [3.8, 4) is 0 Å². The molecule has 2 aliphatic rings. The van der Waals surface area contributed by atoms with Crippen molar-refractivity contribution in [3.05, 3.63) is 72.6 Å². The van der Waals surface area contributed by atoms with Crippen molar-refractivity contribution in [1.29, 1.82) is 0 Å². The van der Waals surface area contributed by atoms with E-state index >= 15 is 0 Å². The lowest BCUT2D eigenvalue weighted by Crippen LogP contribution is -2.52. The molecule has 1 fully saturated rings. The molecule has 2 atom stereocenters. The number of hydrogen-bond acceptors (Lipinski definition) is 2. The van der Waals surface area contributed by atoms with E-state index in [1.54, 1.807) is 12.1 Å². The van der Waals surface area contributed by atoms with Crippen LogP contribution in [0.1, 0.15) is 18.1 Å². The van der Waals surface area contributed by atoms with Crippen molar-refractivity contribution in [2.45, 2.75) is 18.1 Å². The molecule has 2 nitrogen and oxygen atoms in total. The summed E-state index contributed by atoms with van der Waals surface area (Å²) < 4.78 is 18.9. The molecule has 0 unspecified atom stereocenters. The molecule has 0 N–H and O–H groups in total. The van der Waals surface area contributed by atoms with E-state index in [0.29, 0.717) is 6.61 Å². The molecular formula is C18H20FNO. The van der Waals surface area contributed by atoms with Crippen molar-refractivity contribution in [1.82, 2.24) is 4.90 Å². The van der Waals surface area contributed by atoms with E-state index in [1.165, 1.54) is 12.1 Å². The van der Waals surface area contributed by atoms with Crippen molar-refractivity contribution >= 4 is 0 Å². The van der Waals surface area contributed by atoms with Crippen LogP contribution in [0.2, 0.25) is 0 Å². The van der Waals surface area contributed by atoms with Gasteiger partial charge < -0.3 is 4.74 Å². The first-order valence-corrected chi connectivity index (χ1v) is 7.34. The van der Waals surface area contributed by atoms with E-state index in [-0.39, 0.29) is 17.5 Å². The number of nitrogens with zero attached hydrogens (tertiary/aromatic N) is 1. The first-order valence-electron chi connectivity index (χ1n) is 7.34. The van der Waals surface area contributed by atoms with E-state index in [2.05, 4.69) is 35.8 Å². The molecule has 0 aromatic heterocycles. The van der Waals surface area contributed by atoms with E-state index < -0.39 is 0 Å². The fourth-order valence-corrected chi connectivity index (χ4v) is 3.05. The first kappa shape index (κ1) is 14.2. The number of rotatable bonds is 3. The molecule has 0 spiro atoms. The molecule has 1 aromatic carbocycles. The van der Waals surface area contributed by atoms with Crippen LogP contribution in [0.25, 0.3) is 0 Å². The third-order valence-electron chi connectivity index (χ3n) is 4.33. The molecule has 1 aliphatic heterocycles. The summed E-state index contributed by atoms with van der Waals surface area (Å²) in [4.78, 5) is 2.40. The zero-order valence-corrected chi connectivity index (χ0v) is 12.0. The fourth-order valence-electron chi connectivity index (χ4n) is 3.05. The van der Waals surface area contributed by atoms with Gasteiger partial charge in [-0.3, -0.25) is 4.90 Å². The second-order valence-corrected chi connectivity index (χ2v) is 5.54. The highest BCUT2D eigenvalue weighted by molar-refractivity contribution is 5.28. The topological polar surface area (TPSA) is 12.5 Å². The Kier molecular flexibility index (Phi) is 4.04. The molecule has 1 aliphatic carbocycles. The molecule has 1 saturated heterocycles. The molecule has 3 rings (SSSR count). The van der Waals surface area contributed by atoms with Gasteiger partial charge in [0.25, 0.3) is 0 Å². The van der Waals surface area contributed by atoms with E-state index in [9.17, 15) is 4.39 Å². The lowest BCUT2D eigenvalue weighted by Gasteiger charge is -2.44. The Morgan fingerprint density at radius 1 is 1.29 bits per heavy atom. The summed E-state index contributed by atoms with van der Waals surface area (Å²) in [5.41, 5.74) is 0.896. The van der Waals surface area contributed by atoms with E-state index in [4.69, 9.17) is 4.74 Å². The molecular weight excluding hydrogens is 265 g/mol. The Morgan fingerprint density at radius 3 is 2.76 bits per heavy atom. The van der Waals surface area contributed by atoms with Gasteiger partial charge in [0.1, 0.15) is 5.82 Å². The Bertz CT molecular complexity index is 563. The Balaban J connectivity index is 1.79. The SMILES string of the molecule is C=C[C@@]1(N2CCO[C@@H](c3ccc(F)cc3)C2)C=CC=CC1. The standard InChI is InChI=1S/C18H20FNO/c1-2-18(10-4-3-5-11-18)20-12-13-21-17(14-20)15-6-8-16(19)9-7-15/h2-10,17H,1,11-14H2/t17-,18-/m1/s1. The van der Waals surface area contributed by atoms with Gasteiger partial charge in [-0.1, -0.05) is 42.5 Å². The number of morpholine rings is 1. The first-order chi connectivity index (χ1) is 10.2. The highest BCUT2D eigenvalue weighted by Gasteiger charge is 2.35. The Hall–Kier alpha value is -1.71. The lowest BCUT2D eigenvalue weighted by atomic mass is 9.88. The molecule has 110 valence electrons. The average Bonchev–Trinajstić information content (AvgIpc) is 2.56. The normalized spacial score (nSPS) is 29.5. The highest BCUT2D eigenvalue weighted by Crippen LogP contribution is 2.32. The maximum absolute atomic E-state index is 13.1. The summed E-state index contributed by atoms with van der Waals surface area (Å²) in [5, 5.41) is 0. The molecule has 0 radical (unpaired) electrons. The number of benzene rings is 1. The number of ether oxygens (including phenoxy) is 1. The third kappa shape index (κ3) is 2.85. The summed E-state index contributed by atoms with van der Waals surface area (Å²) >= 11 is 0. The van der Waals surface area contributed by atoms with Crippen LogP contribution in [0.5, 0.6) is 0 Å². The minimum Gasteiger partial charge on any atom is -0.371 e. The van der Waals surface area contributed by atoms with Crippen LogP contribution in [0.15, 0.2) is 61.2 Å². The maximum Gasteiger partial charge on any atom is 0.123 e. The summed E-state index contributed by atoms with van der Waals surface area (Å²) in [6.45, 7) is 6.36. The predicted molar refractivity (Wildman–Crippen MR) is 82.5 cm³/mol. The van der Waals surface area contributed by atoms with Gasteiger partial charge >= 0.3 is 0 Å². The molecule has 1 aromatic rings. The summed E-state index contributed by atoms with van der Waals surface area (Å²) in [5.74, 6) is -0.214. The van der Waals surface area contributed by atoms with Crippen LogP contribution in [0.4, 0.5) is 4.39 Å². The Labute approximate surface area is 125 Å². The molecule has 21 heavy (non-hydrogen) atoms. The second-order valence-electron chi connectivity index (χ2n) is 5.54. The number of allylic oxidation sites excluding steroid dienone is 2. The van der Waals surface area contributed by atoms with Crippen molar-refractivity contribution in [2.24, 2.45) is 0 Å². The third-order valence-corrected chi connectivity index (χ3v) is 4.33. The summed E-state index contributed by atoms with van der Waals surface area (Å²) in [6, 6.07) is 6.59. The van der Waals surface area contributed by atoms with Gasteiger partial charge in [-0.15, -0.1) is 6.58 Å². The highest BCUT2D eigenvalue weighted by atomic mass is 19.1. The van der Waals surface area contributed by atoms with Gasteiger partial charge in [-0.05, 0) is 24.1 Å². The molecule has 3 heteroatoms. The van der Waals surface area contributed by atoms with E-state index in [0.717, 1.165) is 25.1 Å². The average molecular weight is 285 g/mol. The number of hydrogen-bond donors (Lipinski definition) is 0. The second kappa shape index (κ2) is 5.96. The minimum absolute atomic E-state index is 0.0181. The fraction of sp³-hybridized carbons (Fsp3) is 0.333. The van der Waals surface area contributed by atoms with Crippen LogP contribution in [0, 0.1) is 5.82 Å². The van der Waals surface area contributed by atoms with Crippen molar-refractivity contribution < 1.29 is 9.13 Å². The molecule has 0 saturated carbocycles. The quantitative estimate of drug-likeness (QED) is 0.786. The van der Waals surface area contributed by atoms with E-state index in [1.807, 2.05) is 6.08 Å². The van der Waals surface area contributed by atoms with Gasteiger partial charge in [0.05, 0.1) is 18.2 Å². The Morgan fingerprint density at radius 2 is 2.10 bits per heavy atom. The summed E-state index contributed by atoms with van der Waals surface area (Å²) in [6.07, 6.45) is 11.4. The largest absolute Gasteiger partial charge is 0.371 e. The van der Waals surface area contributed by atoms with Crippen LogP contribution in [0.3, 0.4) is 0 Å². The predicted octanol–water partition coefficient (Wildman–Crippen LogP) is 3.64.